The van der Waals surface area contributed by atoms with Crippen LogP contribution in [0.4, 0.5) is 0 Å². The van der Waals surface area contributed by atoms with Crippen LogP contribution in [0.1, 0.15) is 19.8 Å². The average Bonchev–Trinajstić information content (AvgIpc) is 2.65. The molecule has 1 atom stereocenters. The molecule has 6 heteroatoms. The molecule has 0 aromatic carbocycles. The van der Waals surface area contributed by atoms with E-state index in [4.69, 9.17) is 11.6 Å². The quantitative estimate of drug-likeness (QED) is 0.686. The van der Waals surface area contributed by atoms with Crippen LogP contribution in [-0.2, 0) is 10.0 Å². The molecule has 1 saturated heterocycles. The van der Waals surface area contributed by atoms with Gasteiger partial charge >= 0.3 is 0 Å². The summed E-state index contributed by atoms with van der Waals surface area (Å²) in [7, 11) is -1.64. The Bertz CT molecular complexity index is 294. The van der Waals surface area contributed by atoms with Crippen LogP contribution in [0.25, 0.3) is 0 Å². The van der Waals surface area contributed by atoms with Crippen molar-refractivity contribution < 1.29 is 8.42 Å². The normalized spacial score (nSPS) is 23.9. The van der Waals surface area contributed by atoms with E-state index in [2.05, 4.69) is 11.8 Å². The van der Waals surface area contributed by atoms with Gasteiger partial charge in [-0.25, -0.2) is 12.7 Å². The van der Waals surface area contributed by atoms with Gasteiger partial charge in [-0.05, 0) is 25.9 Å². The fourth-order valence-electron chi connectivity index (χ4n) is 2.01. The Balaban J connectivity index is 2.54. The van der Waals surface area contributed by atoms with Crippen LogP contribution in [-0.4, -0.2) is 55.6 Å². The van der Waals surface area contributed by atoms with Crippen LogP contribution in [0, 0.1) is 0 Å². The van der Waals surface area contributed by atoms with Crippen molar-refractivity contribution >= 4 is 21.6 Å². The highest BCUT2D eigenvalue weighted by atomic mass is 35.5. The third kappa shape index (κ3) is 3.31. The molecule has 0 N–H and O–H groups in total. The topological polar surface area (TPSA) is 40.6 Å². The molecule has 0 saturated carbocycles. The summed E-state index contributed by atoms with van der Waals surface area (Å²) in [4.78, 5) is 2.32. The molecule has 90 valence electrons. The summed E-state index contributed by atoms with van der Waals surface area (Å²) in [5.41, 5.74) is 0. The Morgan fingerprint density at radius 1 is 1.53 bits per heavy atom. The van der Waals surface area contributed by atoms with Gasteiger partial charge < -0.3 is 0 Å². The fraction of sp³-hybridized carbons (Fsp3) is 1.00. The van der Waals surface area contributed by atoms with E-state index in [9.17, 15) is 8.42 Å². The van der Waals surface area contributed by atoms with Gasteiger partial charge in [-0.1, -0.05) is 6.92 Å². The monoisotopic (exact) mass is 254 g/mol. The Hall–Kier alpha value is 0.160. The predicted molar refractivity (Wildman–Crippen MR) is 62.5 cm³/mol. The van der Waals surface area contributed by atoms with Crippen LogP contribution in [0.2, 0.25) is 0 Å². The van der Waals surface area contributed by atoms with Crippen LogP contribution >= 0.6 is 11.6 Å². The van der Waals surface area contributed by atoms with Crippen molar-refractivity contribution in [3.63, 3.8) is 0 Å². The lowest BCUT2D eigenvalue weighted by molar-refractivity contribution is 0.238. The summed E-state index contributed by atoms with van der Waals surface area (Å²) < 4.78 is 24.3. The summed E-state index contributed by atoms with van der Waals surface area (Å²) >= 11 is 5.40. The summed E-state index contributed by atoms with van der Waals surface area (Å²) in [5.74, 6) is 0. The van der Waals surface area contributed by atoms with E-state index in [1.165, 1.54) is 4.31 Å². The molecule has 0 spiro atoms. The van der Waals surface area contributed by atoms with Crippen LogP contribution < -0.4 is 0 Å². The van der Waals surface area contributed by atoms with E-state index < -0.39 is 10.0 Å². The number of likely N-dealkylation sites (N-methyl/N-ethyl adjacent to an activating group) is 2. The highest BCUT2D eigenvalue weighted by Gasteiger charge is 2.27. The Kier molecular flexibility index (Phi) is 4.83. The van der Waals surface area contributed by atoms with Crippen molar-refractivity contribution in [1.82, 2.24) is 9.21 Å². The summed E-state index contributed by atoms with van der Waals surface area (Å²) in [5, 5.41) is -0.331. The Labute approximate surface area is 97.2 Å². The number of sulfonamides is 1. The van der Waals surface area contributed by atoms with Crippen LogP contribution in [0.3, 0.4) is 0 Å². The molecule has 0 aliphatic carbocycles. The maximum atomic E-state index is 11.5. The van der Waals surface area contributed by atoms with Crippen molar-refractivity contribution in [3.8, 4) is 0 Å². The largest absolute Gasteiger partial charge is 0.299 e. The van der Waals surface area contributed by atoms with Crippen molar-refractivity contribution in [2.45, 2.75) is 25.8 Å². The maximum absolute atomic E-state index is 11.5. The highest BCUT2D eigenvalue weighted by molar-refractivity contribution is 7.90. The molecule has 4 nitrogen and oxygen atoms in total. The minimum atomic E-state index is -3.25. The maximum Gasteiger partial charge on any atom is 0.227 e. The highest BCUT2D eigenvalue weighted by Crippen LogP contribution is 2.18. The molecule has 1 unspecified atom stereocenters. The molecule has 15 heavy (non-hydrogen) atoms. The second-order valence-corrected chi connectivity index (χ2v) is 6.59. The smallest absolute Gasteiger partial charge is 0.227 e. The van der Waals surface area contributed by atoms with Crippen molar-refractivity contribution in [2.24, 2.45) is 0 Å². The molecule has 1 aliphatic heterocycles. The first-order valence-corrected chi connectivity index (χ1v) is 7.39. The zero-order chi connectivity index (χ0) is 11.5. The Morgan fingerprint density at radius 3 is 2.73 bits per heavy atom. The van der Waals surface area contributed by atoms with Gasteiger partial charge in [0, 0.05) is 19.6 Å². The van der Waals surface area contributed by atoms with Gasteiger partial charge in [0.1, 0.15) is 5.21 Å². The van der Waals surface area contributed by atoms with Gasteiger partial charge in [-0.15, -0.1) is 11.6 Å². The molecule has 0 aromatic rings. The zero-order valence-electron chi connectivity index (χ0n) is 9.32. The molecule has 0 aromatic heterocycles. The molecule has 1 rings (SSSR count). The number of halogens is 1. The molecule has 1 aliphatic rings. The summed E-state index contributed by atoms with van der Waals surface area (Å²) in [6.07, 6.45) is 2.24. The number of hydrogen-bond acceptors (Lipinski definition) is 3. The average molecular weight is 255 g/mol. The van der Waals surface area contributed by atoms with Crippen molar-refractivity contribution in [1.29, 1.82) is 0 Å². The van der Waals surface area contributed by atoms with E-state index in [0.717, 1.165) is 25.9 Å². The van der Waals surface area contributed by atoms with Gasteiger partial charge in [-0.3, -0.25) is 4.90 Å². The predicted octanol–water partition coefficient (Wildman–Crippen LogP) is 0.929. The summed E-state index contributed by atoms with van der Waals surface area (Å²) in [6, 6.07) is 0.359. The summed E-state index contributed by atoms with van der Waals surface area (Å²) in [6.45, 7) is 4.73. The molecular weight excluding hydrogens is 236 g/mol. The van der Waals surface area contributed by atoms with Gasteiger partial charge in [0.05, 0.1) is 0 Å². The second kappa shape index (κ2) is 5.48. The number of rotatable bonds is 5. The van der Waals surface area contributed by atoms with Gasteiger partial charge in [0.2, 0.25) is 10.0 Å². The van der Waals surface area contributed by atoms with Crippen LogP contribution in [0.15, 0.2) is 0 Å². The standard InChI is InChI=1S/C9H19ClN2O2S/c1-3-12-6-4-5-9(12)7-11(2)15(13,14)8-10/h9H,3-8H2,1-2H3. The van der Waals surface area contributed by atoms with E-state index in [0.29, 0.717) is 12.6 Å². The van der Waals surface area contributed by atoms with Crippen molar-refractivity contribution in [3.05, 3.63) is 0 Å². The van der Waals surface area contributed by atoms with Crippen LogP contribution in [0.5, 0.6) is 0 Å². The minimum Gasteiger partial charge on any atom is -0.299 e. The lowest BCUT2D eigenvalue weighted by atomic mass is 10.2. The van der Waals surface area contributed by atoms with E-state index in [1.807, 2.05) is 0 Å². The molecular formula is C9H19ClN2O2S. The molecule has 0 amide bonds. The zero-order valence-corrected chi connectivity index (χ0v) is 10.9. The number of likely N-dealkylation sites (tertiary alicyclic amines) is 1. The number of hydrogen-bond donors (Lipinski definition) is 0. The van der Waals surface area contributed by atoms with Gasteiger partial charge in [0.15, 0.2) is 0 Å². The van der Waals surface area contributed by atoms with E-state index in [1.54, 1.807) is 7.05 Å². The number of nitrogens with zero attached hydrogens (tertiary/aromatic N) is 2. The molecule has 1 fully saturated rings. The third-order valence-corrected chi connectivity index (χ3v) is 5.19. The number of alkyl halides is 1. The first-order chi connectivity index (χ1) is 7.01. The second-order valence-electron chi connectivity index (χ2n) is 3.93. The molecule has 0 radical (unpaired) electrons. The van der Waals surface area contributed by atoms with Gasteiger partial charge in [0.25, 0.3) is 0 Å². The van der Waals surface area contributed by atoms with Crippen molar-refractivity contribution in [2.75, 3.05) is 31.9 Å². The molecule has 1 heterocycles. The molecule has 0 bridgehead atoms. The Morgan fingerprint density at radius 2 is 2.20 bits per heavy atom. The fourth-order valence-corrected chi connectivity index (χ4v) is 3.08. The van der Waals surface area contributed by atoms with E-state index >= 15 is 0 Å². The third-order valence-electron chi connectivity index (χ3n) is 2.99. The first-order valence-electron chi connectivity index (χ1n) is 5.25. The lowest BCUT2D eigenvalue weighted by Gasteiger charge is -2.26. The first kappa shape index (κ1) is 13.2. The van der Waals surface area contributed by atoms with Gasteiger partial charge in [-0.2, -0.15) is 0 Å². The SMILES string of the molecule is CCN1CCCC1CN(C)S(=O)(=O)CCl. The minimum absolute atomic E-state index is 0.331. The lowest BCUT2D eigenvalue weighted by Crippen LogP contribution is -2.41. The van der Waals surface area contributed by atoms with E-state index in [-0.39, 0.29) is 5.21 Å².